The van der Waals surface area contributed by atoms with E-state index in [1.807, 2.05) is 30.3 Å². The SMILES string of the molecule is CCCCCC(=O)OC1=C([P+](O)(O)Cc2ccccc2)CCO1. The summed E-state index contributed by atoms with van der Waals surface area (Å²) < 4.78 is 10.5. The molecule has 0 fully saturated rings. The Hall–Kier alpha value is -1.42. The summed E-state index contributed by atoms with van der Waals surface area (Å²) in [5, 5.41) is 0.338. The van der Waals surface area contributed by atoms with E-state index in [0.29, 0.717) is 24.8 Å². The fourth-order valence-electron chi connectivity index (χ4n) is 2.45. The predicted octanol–water partition coefficient (Wildman–Crippen LogP) is 3.73. The van der Waals surface area contributed by atoms with E-state index in [0.717, 1.165) is 24.8 Å². The molecule has 1 heterocycles. The van der Waals surface area contributed by atoms with Gasteiger partial charge in [-0.05, 0) is 12.0 Å². The van der Waals surface area contributed by atoms with Crippen LogP contribution in [0.25, 0.3) is 0 Å². The van der Waals surface area contributed by atoms with E-state index in [1.54, 1.807) is 0 Å². The highest BCUT2D eigenvalue weighted by molar-refractivity contribution is 7.68. The zero-order valence-corrected chi connectivity index (χ0v) is 14.3. The number of carbonyl (C=O) groups is 1. The van der Waals surface area contributed by atoms with Crippen molar-refractivity contribution in [2.24, 2.45) is 0 Å². The van der Waals surface area contributed by atoms with E-state index in [9.17, 15) is 14.6 Å². The van der Waals surface area contributed by atoms with Crippen LogP contribution in [0.1, 0.15) is 44.6 Å². The third-order valence-corrected chi connectivity index (χ3v) is 5.75. The molecular formula is C17H24O5P+. The average Bonchev–Trinajstić information content (AvgIpc) is 2.97. The first kappa shape index (κ1) is 17.9. The molecule has 5 nitrogen and oxygen atoms in total. The number of unbranched alkanes of at least 4 members (excludes halogenated alkanes) is 2. The van der Waals surface area contributed by atoms with Crippen molar-refractivity contribution in [3.05, 3.63) is 47.2 Å². The summed E-state index contributed by atoms with van der Waals surface area (Å²) >= 11 is 0. The van der Waals surface area contributed by atoms with Crippen molar-refractivity contribution in [3.63, 3.8) is 0 Å². The van der Waals surface area contributed by atoms with Crippen LogP contribution in [0.4, 0.5) is 0 Å². The highest BCUT2D eigenvalue weighted by Crippen LogP contribution is 2.64. The van der Waals surface area contributed by atoms with Crippen molar-refractivity contribution in [1.29, 1.82) is 0 Å². The highest BCUT2D eigenvalue weighted by Gasteiger charge is 2.46. The lowest BCUT2D eigenvalue weighted by Gasteiger charge is -2.13. The average molecular weight is 339 g/mol. The molecule has 0 radical (unpaired) electrons. The zero-order valence-electron chi connectivity index (χ0n) is 13.4. The smallest absolute Gasteiger partial charge is 0.332 e. The van der Waals surface area contributed by atoms with Gasteiger partial charge in [-0.15, -0.1) is 0 Å². The third-order valence-electron chi connectivity index (χ3n) is 3.68. The summed E-state index contributed by atoms with van der Waals surface area (Å²) in [6.45, 7) is 2.37. The molecule has 1 aliphatic heterocycles. The first-order chi connectivity index (χ1) is 11.0. The third kappa shape index (κ3) is 5.31. The van der Waals surface area contributed by atoms with E-state index in [1.165, 1.54) is 0 Å². The van der Waals surface area contributed by atoms with Gasteiger partial charge in [-0.3, -0.25) is 4.79 Å². The second-order valence-corrected chi connectivity index (χ2v) is 7.95. The number of carbonyl (C=O) groups excluding carboxylic acids is 1. The summed E-state index contributed by atoms with van der Waals surface area (Å²) in [6, 6.07) is 9.26. The van der Waals surface area contributed by atoms with Gasteiger partial charge in [0.15, 0.2) is 0 Å². The molecule has 0 saturated heterocycles. The summed E-state index contributed by atoms with van der Waals surface area (Å²) in [4.78, 5) is 32.8. The van der Waals surface area contributed by atoms with Crippen LogP contribution in [0.2, 0.25) is 0 Å². The largest absolute Gasteiger partial charge is 0.462 e. The van der Waals surface area contributed by atoms with Crippen molar-refractivity contribution >= 4 is 13.7 Å². The van der Waals surface area contributed by atoms with E-state index in [-0.39, 0.29) is 18.1 Å². The Kier molecular flexibility index (Phi) is 6.58. The molecule has 2 N–H and O–H groups in total. The molecule has 0 spiro atoms. The normalized spacial score (nSPS) is 14.7. The van der Waals surface area contributed by atoms with Gasteiger partial charge in [0.25, 0.3) is 0 Å². The minimum Gasteiger partial charge on any atom is -0.462 e. The van der Waals surface area contributed by atoms with Crippen LogP contribution in [-0.4, -0.2) is 22.4 Å². The molecule has 1 aromatic carbocycles. The molecule has 0 amide bonds. The van der Waals surface area contributed by atoms with Crippen molar-refractivity contribution in [2.75, 3.05) is 6.61 Å². The van der Waals surface area contributed by atoms with Crippen molar-refractivity contribution in [3.8, 4) is 0 Å². The lowest BCUT2D eigenvalue weighted by Crippen LogP contribution is -2.07. The van der Waals surface area contributed by atoms with Crippen LogP contribution >= 0.6 is 7.72 Å². The van der Waals surface area contributed by atoms with Gasteiger partial charge in [0.2, 0.25) is 5.31 Å². The second-order valence-electron chi connectivity index (χ2n) is 5.64. The highest BCUT2D eigenvalue weighted by atomic mass is 31.2. The molecular weight excluding hydrogens is 315 g/mol. The number of hydrogen-bond acceptors (Lipinski definition) is 5. The first-order valence-electron chi connectivity index (χ1n) is 7.97. The minimum absolute atomic E-state index is 0.000706. The number of rotatable bonds is 8. The quantitative estimate of drug-likeness (QED) is 0.429. The van der Waals surface area contributed by atoms with Gasteiger partial charge >= 0.3 is 19.6 Å². The maximum absolute atomic E-state index is 11.8. The number of hydrogen-bond donors (Lipinski definition) is 2. The predicted molar refractivity (Wildman–Crippen MR) is 89.3 cm³/mol. The summed E-state index contributed by atoms with van der Waals surface area (Å²) in [7, 11) is -3.38. The molecule has 2 rings (SSSR count). The van der Waals surface area contributed by atoms with Crippen LogP contribution in [0, 0.1) is 0 Å². The molecule has 23 heavy (non-hydrogen) atoms. The molecule has 1 aliphatic rings. The summed E-state index contributed by atoms with van der Waals surface area (Å²) in [6.07, 6.45) is 3.58. The molecule has 126 valence electrons. The number of esters is 1. The molecule has 0 aliphatic carbocycles. The Morgan fingerprint density at radius 1 is 1.26 bits per heavy atom. The maximum atomic E-state index is 11.8. The molecule has 0 bridgehead atoms. The van der Waals surface area contributed by atoms with Crippen LogP contribution in [0.15, 0.2) is 41.6 Å². The molecule has 1 aromatic rings. The molecule has 0 saturated carbocycles. The van der Waals surface area contributed by atoms with E-state index in [4.69, 9.17) is 9.47 Å². The number of ether oxygens (including phenoxy) is 2. The Morgan fingerprint density at radius 3 is 2.70 bits per heavy atom. The standard InChI is InChI=1S/C17H24O5P/c1-2-3-5-10-16(18)22-17-15(11-12-21-17)23(19,20)13-14-8-6-4-7-9-14/h4,6-9,19-20H,2-3,5,10-13H2,1H3/q+1. The van der Waals surface area contributed by atoms with Gasteiger partial charge in [-0.1, -0.05) is 50.1 Å². The monoisotopic (exact) mass is 339 g/mol. The van der Waals surface area contributed by atoms with Crippen LogP contribution in [0.5, 0.6) is 0 Å². The van der Waals surface area contributed by atoms with Crippen molar-refractivity contribution in [1.82, 2.24) is 0 Å². The summed E-state index contributed by atoms with van der Waals surface area (Å²) in [5.41, 5.74) is 0.832. The Labute approximate surface area is 137 Å². The van der Waals surface area contributed by atoms with Gasteiger partial charge in [-0.2, -0.15) is 0 Å². The lowest BCUT2D eigenvalue weighted by atomic mass is 10.2. The van der Waals surface area contributed by atoms with Gasteiger partial charge in [0, 0.05) is 6.42 Å². The fraction of sp³-hybridized carbons (Fsp3) is 0.471. The zero-order chi connectivity index (χ0) is 16.7. The molecule has 0 aromatic heterocycles. The second kappa shape index (κ2) is 8.44. The fourth-order valence-corrected chi connectivity index (χ4v) is 4.21. The van der Waals surface area contributed by atoms with Crippen molar-refractivity contribution in [2.45, 2.75) is 45.2 Å². The molecule has 0 unspecified atom stereocenters. The summed E-state index contributed by atoms with van der Waals surface area (Å²) in [5.74, 6) is -0.381. The first-order valence-corrected chi connectivity index (χ1v) is 9.85. The van der Waals surface area contributed by atoms with E-state index < -0.39 is 7.72 Å². The topological polar surface area (TPSA) is 76.0 Å². The maximum Gasteiger partial charge on any atom is 0.332 e. The van der Waals surface area contributed by atoms with Gasteiger partial charge in [-0.25, -0.2) is 9.79 Å². The Morgan fingerprint density at radius 2 is 2.00 bits per heavy atom. The van der Waals surface area contributed by atoms with Gasteiger partial charge in [0.1, 0.15) is 6.16 Å². The lowest BCUT2D eigenvalue weighted by molar-refractivity contribution is -0.144. The Bertz CT molecular complexity index is 553. The Balaban J connectivity index is 2.03. The minimum atomic E-state index is -3.38. The molecule has 0 atom stereocenters. The van der Waals surface area contributed by atoms with Crippen LogP contribution in [-0.2, 0) is 20.4 Å². The van der Waals surface area contributed by atoms with E-state index in [2.05, 4.69) is 6.92 Å². The van der Waals surface area contributed by atoms with Gasteiger partial charge in [0.05, 0.1) is 13.0 Å². The van der Waals surface area contributed by atoms with Crippen LogP contribution < -0.4 is 0 Å². The molecule has 6 heteroatoms. The van der Waals surface area contributed by atoms with Crippen molar-refractivity contribution < 1.29 is 24.1 Å². The van der Waals surface area contributed by atoms with Crippen LogP contribution in [0.3, 0.4) is 0 Å². The van der Waals surface area contributed by atoms with E-state index >= 15 is 0 Å². The number of benzene rings is 1. The van der Waals surface area contributed by atoms with Gasteiger partial charge < -0.3 is 9.47 Å².